The minimum Gasteiger partial charge on any atom is -0.339 e. The molecule has 0 saturated heterocycles. The van der Waals surface area contributed by atoms with Crippen molar-refractivity contribution in [3.05, 3.63) is 21.5 Å². The summed E-state index contributed by atoms with van der Waals surface area (Å²) in [7, 11) is 0. The van der Waals surface area contributed by atoms with E-state index in [1.807, 2.05) is 4.57 Å². The summed E-state index contributed by atoms with van der Waals surface area (Å²) in [5.74, 6) is 0.649. The molecule has 0 aliphatic heterocycles. The number of H-pyrrole nitrogens is 2. The van der Waals surface area contributed by atoms with E-state index in [2.05, 4.69) is 15.0 Å². The van der Waals surface area contributed by atoms with Gasteiger partial charge in [-0.2, -0.15) is 0 Å². The first-order valence-corrected chi connectivity index (χ1v) is 6.83. The molecule has 3 rings (SSSR count). The SMILES string of the molecule is O=c1[nH]c(=S)n(CC2CCCCC2)c2nc[nH]c12. The van der Waals surface area contributed by atoms with Gasteiger partial charge in [0.1, 0.15) is 5.52 Å². The van der Waals surface area contributed by atoms with Crippen LogP contribution in [0.5, 0.6) is 0 Å². The van der Waals surface area contributed by atoms with E-state index in [1.54, 1.807) is 6.33 Å². The highest BCUT2D eigenvalue weighted by atomic mass is 32.1. The van der Waals surface area contributed by atoms with Crippen molar-refractivity contribution in [2.45, 2.75) is 38.6 Å². The first-order chi connectivity index (χ1) is 8.75. The quantitative estimate of drug-likeness (QED) is 0.818. The highest BCUT2D eigenvalue weighted by Crippen LogP contribution is 2.25. The van der Waals surface area contributed by atoms with Crippen LogP contribution in [0.2, 0.25) is 0 Å². The fourth-order valence-electron chi connectivity index (χ4n) is 2.78. The molecule has 1 fully saturated rings. The number of rotatable bonds is 2. The number of nitrogens with one attached hydrogen (secondary N) is 2. The molecule has 1 saturated carbocycles. The molecular weight excluding hydrogens is 248 g/mol. The Morgan fingerprint density at radius 1 is 1.39 bits per heavy atom. The molecule has 2 aromatic heterocycles. The van der Waals surface area contributed by atoms with Crippen molar-refractivity contribution in [2.75, 3.05) is 0 Å². The summed E-state index contributed by atoms with van der Waals surface area (Å²) in [6, 6.07) is 0. The lowest BCUT2D eigenvalue weighted by Crippen LogP contribution is -2.20. The van der Waals surface area contributed by atoms with Crippen LogP contribution in [-0.4, -0.2) is 19.5 Å². The van der Waals surface area contributed by atoms with E-state index < -0.39 is 0 Å². The number of fused-ring (bicyclic) bond motifs is 1. The smallest absolute Gasteiger partial charge is 0.277 e. The maximum atomic E-state index is 11.7. The van der Waals surface area contributed by atoms with Crippen molar-refractivity contribution in [2.24, 2.45) is 5.92 Å². The summed E-state index contributed by atoms with van der Waals surface area (Å²) in [5, 5.41) is 0. The zero-order valence-electron chi connectivity index (χ0n) is 10.1. The van der Waals surface area contributed by atoms with E-state index in [0.717, 1.165) is 6.54 Å². The minimum atomic E-state index is -0.188. The Hall–Kier alpha value is -1.43. The van der Waals surface area contributed by atoms with E-state index in [-0.39, 0.29) is 5.56 Å². The molecule has 0 bridgehead atoms. The van der Waals surface area contributed by atoms with Gasteiger partial charge in [0.05, 0.1) is 6.33 Å². The van der Waals surface area contributed by atoms with Gasteiger partial charge in [0.25, 0.3) is 5.56 Å². The summed E-state index contributed by atoms with van der Waals surface area (Å²) < 4.78 is 2.43. The van der Waals surface area contributed by atoms with Crippen molar-refractivity contribution < 1.29 is 0 Å². The molecule has 1 aliphatic carbocycles. The summed E-state index contributed by atoms with van der Waals surface area (Å²) >= 11 is 5.25. The summed E-state index contributed by atoms with van der Waals surface area (Å²) in [6.45, 7) is 0.858. The van der Waals surface area contributed by atoms with Crippen LogP contribution in [0.1, 0.15) is 32.1 Å². The first kappa shape index (κ1) is 11.6. The van der Waals surface area contributed by atoms with E-state index in [0.29, 0.717) is 21.9 Å². The molecule has 0 spiro atoms. The Morgan fingerprint density at radius 3 is 2.94 bits per heavy atom. The first-order valence-electron chi connectivity index (χ1n) is 6.42. The van der Waals surface area contributed by atoms with Gasteiger partial charge in [-0.25, -0.2) is 4.98 Å². The number of hydrogen-bond donors (Lipinski definition) is 2. The Bertz CT molecular complexity index is 663. The van der Waals surface area contributed by atoms with Crippen LogP contribution in [-0.2, 0) is 6.54 Å². The van der Waals surface area contributed by atoms with Crippen LogP contribution in [0.3, 0.4) is 0 Å². The third-order valence-corrected chi connectivity index (χ3v) is 4.06. The molecule has 0 atom stereocenters. The minimum absolute atomic E-state index is 0.188. The van der Waals surface area contributed by atoms with Crippen LogP contribution in [0, 0.1) is 10.7 Å². The zero-order valence-corrected chi connectivity index (χ0v) is 10.9. The summed E-state index contributed by atoms with van der Waals surface area (Å²) in [5.41, 5.74) is 1.00. The lowest BCUT2D eigenvalue weighted by Gasteiger charge is -2.22. The second kappa shape index (κ2) is 4.68. The molecular formula is C12H16N4OS. The predicted molar refractivity (Wildman–Crippen MR) is 72.1 cm³/mol. The van der Waals surface area contributed by atoms with Gasteiger partial charge in [0.15, 0.2) is 10.4 Å². The molecule has 0 unspecified atom stereocenters. The van der Waals surface area contributed by atoms with Crippen molar-refractivity contribution in [3.63, 3.8) is 0 Å². The Labute approximate surface area is 109 Å². The van der Waals surface area contributed by atoms with Gasteiger partial charge in [-0.05, 0) is 31.0 Å². The lowest BCUT2D eigenvalue weighted by atomic mass is 9.89. The van der Waals surface area contributed by atoms with Gasteiger partial charge in [0.2, 0.25) is 0 Å². The Kier molecular flexibility index (Phi) is 3.03. The van der Waals surface area contributed by atoms with Gasteiger partial charge in [-0.15, -0.1) is 0 Å². The molecule has 2 heterocycles. The van der Waals surface area contributed by atoms with Crippen LogP contribution in [0.4, 0.5) is 0 Å². The van der Waals surface area contributed by atoms with E-state index in [4.69, 9.17) is 12.2 Å². The molecule has 2 N–H and O–H groups in total. The predicted octanol–water partition coefficient (Wildman–Crippen LogP) is 2.36. The number of imidazole rings is 1. The average Bonchev–Trinajstić information content (AvgIpc) is 2.85. The van der Waals surface area contributed by atoms with Gasteiger partial charge in [-0.1, -0.05) is 19.3 Å². The van der Waals surface area contributed by atoms with Crippen molar-refractivity contribution in [1.29, 1.82) is 0 Å². The van der Waals surface area contributed by atoms with Crippen LogP contribution >= 0.6 is 12.2 Å². The standard InChI is InChI=1S/C12H16N4OS/c17-11-9-10(14-7-13-9)16(12(18)15-11)6-8-4-2-1-3-5-8/h7-8H,1-6H2,(H,13,14)(H,15,17,18). The second-order valence-electron chi connectivity index (χ2n) is 4.98. The topological polar surface area (TPSA) is 66.5 Å². The molecule has 6 heteroatoms. The van der Waals surface area contributed by atoms with E-state index in [9.17, 15) is 4.79 Å². The molecule has 0 aromatic carbocycles. The molecule has 1 aliphatic rings. The largest absolute Gasteiger partial charge is 0.339 e. The maximum absolute atomic E-state index is 11.7. The fourth-order valence-corrected chi connectivity index (χ4v) is 3.03. The number of aromatic nitrogens is 4. The van der Waals surface area contributed by atoms with Gasteiger partial charge >= 0.3 is 0 Å². The average molecular weight is 264 g/mol. The zero-order chi connectivity index (χ0) is 12.5. The molecule has 2 aromatic rings. The van der Waals surface area contributed by atoms with Crippen LogP contribution < -0.4 is 5.56 Å². The third-order valence-electron chi connectivity index (χ3n) is 3.73. The van der Waals surface area contributed by atoms with Crippen molar-refractivity contribution in [3.8, 4) is 0 Å². The van der Waals surface area contributed by atoms with Crippen molar-refractivity contribution in [1.82, 2.24) is 19.5 Å². The molecule has 0 radical (unpaired) electrons. The molecule has 0 amide bonds. The van der Waals surface area contributed by atoms with Gasteiger partial charge in [0, 0.05) is 6.54 Å². The summed E-state index contributed by atoms with van der Waals surface area (Å²) in [6.07, 6.45) is 7.97. The lowest BCUT2D eigenvalue weighted by molar-refractivity contribution is 0.319. The monoisotopic (exact) mass is 264 g/mol. The van der Waals surface area contributed by atoms with Gasteiger partial charge in [-0.3, -0.25) is 9.78 Å². The van der Waals surface area contributed by atoms with E-state index in [1.165, 1.54) is 32.1 Å². The molecule has 96 valence electrons. The van der Waals surface area contributed by atoms with E-state index >= 15 is 0 Å². The second-order valence-corrected chi connectivity index (χ2v) is 5.36. The highest BCUT2D eigenvalue weighted by molar-refractivity contribution is 7.71. The van der Waals surface area contributed by atoms with Gasteiger partial charge < -0.3 is 9.55 Å². The maximum Gasteiger partial charge on any atom is 0.277 e. The molecule has 5 nitrogen and oxygen atoms in total. The Morgan fingerprint density at radius 2 is 2.17 bits per heavy atom. The number of nitrogens with zero attached hydrogens (tertiary/aromatic N) is 2. The normalized spacial score (nSPS) is 17.3. The molecule has 18 heavy (non-hydrogen) atoms. The number of hydrogen-bond acceptors (Lipinski definition) is 3. The third kappa shape index (κ3) is 2.01. The van der Waals surface area contributed by atoms with Crippen molar-refractivity contribution >= 4 is 23.4 Å². The van der Waals surface area contributed by atoms with Crippen LogP contribution in [0.25, 0.3) is 11.2 Å². The summed E-state index contributed by atoms with van der Waals surface area (Å²) in [4.78, 5) is 21.5. The fraction of sp³-hybridized carbons (Fsp3) is 0.583. The highest BCUT2D eigenvalue weighted by Gasteiger charge is 2.16. The number of aromatic amines is 2. The van der Waals surface area contributed by atoms with Crippen LogP contribution in [0.15, 0.2) is 11.1 Å². The Balaban J connectivity index is 2.02.